The maximum absolute atomic E-state index is 2.37. The van der Waals surface area contributed by atoms with Crippen LogP contribution in [0.3, 0.4) is 0 Å². The van der Waals surface area contributed by atoms with Crippen LogP contribution in [0.25, 0.3) is 0 Å². The predicted octanol–water partition coefficient (Wildman–Crippen LogP) is 7.53. The van der Waals surface area contributed by atoms with Crippen molar-refractivity contribution in [1.29, 1.82) is 0 Å². The normalized spacial score (nSPS) is 36.6. The van der Waals surface area contributed by atoms with Gasteiger partial charge in [0.15, 0.2) is 0 Å². The first-order valence-electron chi connectivity index (χ1n) is 9.70. The van der Waals surface area contributed by atoms with Crippen molar-refractivity contribution in [3.8, 4) is 0 Å². The van der Waals surface area contributed by atoms with Crippen LogP contribution in [0, 0.1) is 10.8 Å². The third kappa shape index (κ3) is 1.41. The van der Waals surface area contributed by atoms with E-state index in [9.17, 15) is 0 Å². The van der Waals surface area contributed by atoms with Crippen molar-refractivity contribution >= 4 is 47.0 Å². The second-order valence-corrected chi connectivity index (χ2v) is 13.9. The maximum atomic E-state index is 2.37. The van der Waals surface area contributed by atoms with Crippen molar-refractivity contribution in [2.24, 2.45) is 10.8 Å². The molecule has 0 nitrogen and oxygen atoms in total. The summed E-state index contributed by atoms with van der Waals surface area (Å²) in [6.45, 7) is 0. The van der Waals surface area contributed by atoms with Crippen molar-refractivity contribution in [2.45, 2.75) is 66.3 Å². The molecule has 7 rings (SSSR count). The van der Waals surface area contributed by atoms with Crippen molar-refractivity contribution in [3.05, 3.63) is 48.5 Å². The summed E-state index contributed by atoms with van der Waals surface area (Å²) in [5, 5.41) is 0. The second-order valence-electron chi connectivity index (χ2n) is 8.41. The molecule has 0 aromatic heterocycles. The van der Waals surface area contributed by atoms with Gasteiger partial charge in [0.2, 0.25) is 0 Å². The molecule has 2 aromatic carbocycles. The fraction of sp³-hybridized carbons (Fsp3) is 0.455. The molecule has 26 heavy (non-hydrogen) atoms. The van der Waals surface area contributed by atoms with Gasteiger partial charge >= 0.3 is 0 Å². The first-order chi connectivity index (χ1) is 12.8. The smallest absolute Gasteiger partial charge is 0.102 e. The maximum Gasteiger partial charge on any atom is 0.102 e. The number of hydrogen-bond acceptors (Lipinski definition) is 4. The Hall–Kier alpha value is -0.160. The molecule has 4 heteroatoms. The van der Waals surface area contributed by atoms with Crippen molar-refractivity contribution in [1.82, 2.24) is 0 Å². The monoisotopic (exact) mass is 412 g/mol. The third-order valence-electron chi connectivity index (χ3n) is 7.74. The molecule has 0 radical (unpaired) electrons. The molecule has 0 amide bonds. The average Bonchev–Trinajstić information content (AvgIpc) is 3.37. The minimum absolute atomic E-state index is 0.311. The van der Waals surface area contributed by atoms with E-state index >= 15 is 0 Å². The van der Waals surface area contributed by atoms with Crippen LogP contribution < -0.4 is 0 Å². The zero-order valence-electron chi connectivity index (χ0n) is 14.5. The fourth-order valence-electron chi connectivity index (χ4n) is 7.00. The van der Waals surface area contributed by atoms with Crippen LogP contribution in [0.4, 0.5) is 0 Å². The highest BCUT2D eigenvalue weighted by Gasteiger charge is 2.91. The van der Waals surface area contributed by atoms with E-state index in [2.05, 4.69) is 95.6 Å². The Balaban J connectivity index is 1.47. The molecule has 5 aliphatic rings. The quantitative estimate of drug-likeness (QED) is 0.438. The molecule has 0 N–H and O–H groups in total. The lowest BCUT2D eigenvalue weighted by Gasteiger charge is -2.74. The number of hydrogen-bond donors (Lipinski definition) is 0. The number of rotatable bonds is 0. The van der Waals surface area contributed by atoms with E-state index in [0.717, 1.165) is 0 Å². The second kappa shape index (κ2) is 4.87. The summed E-state index contributed by atoms with van der Waals surface area (Å²) in [5.41, 5.74) is 1.10. The molecule has 3 fully saturated rings. The summed E-state index contributed by atoms with van der Waals surface area (Å²) in [7, 11) is 0. The lowest BCUT2D eigenvalue weighted by molar-refractivity contribution is -0.0277. The van der Waals surface area contributed by atoms with Gasteiger partial charge in [-0.2, -0.15) is 0 Å². The molecule has 0 atom stereocenters. The fourth-order valence-corrected chi connectivity index (χ4v) is 16.1. The average molecular weight is 413 g/mol. The highest BCUT2D eigenvalue weighted by atomic mass is 32.2. The molecule has 2 aromatic rings. The van der Waals surface area contributed by atoms with E-state index in [1.807, 2.05) is 0 Å². The van der Waals surface area contributed by atoms with Gasteiger partial charge in [0.1, 0.15) is 8.16 Å². The minimum Gasteiger partial charge on any atom is -0.104 e. The Labute approximate surface area is 172 Å². The topological polar surface area (TPSA) is 0 Å². The van der Waals surface area contributed by atoms with Crippen LogP contribution in [-0.2, 0) is 0 Å². The number of benzene rings is 2. The van der Waals surface area contributed by atoms with Crippen molar-refractivity contribution in [2.75, 3.05) is 0 Å². The van der Waals surface area contributed by atoms with Crippen molar-refractivity contribution < 1.29 is 0 Å². The molecule has 0 saturated heterocycles. The van der Waals surface area contributed by atoms with Crippen LogP contribution in [0.5, 0.6) is 0 Å². The standard InChI is InChI=1S/C22H20S4/c1-2-8-16-15(7-1)23-21(24-16)19-11-5-13-20(19,14-6-12-19)22(21)25-17-9-3-4-10-18(17)26-22/h1-4,7-10H,5-6,11-14H2. The first kappa shape index (κ1) is 15.7. The Kier molecular flexibility index (Phi) is 2.95. The molecular weight excluding hydrogens is 393 g/mol. The van der Waals surface area contributed by atoms with E-state index in [-0.39, 0.29) is 0 Å². The molecule has 0 bridgehead atoms. The Morgan fingerprint density at radius 1 is 0.500 bits per heavy atom. The van der Waals surface area contributed by atoms with Crippen LogP contribution >= 0.6 is 47.0 Å². The van der Waals surface area contributed by atoms with Crippen molar-refractivity contribution in [3.63, 3.8) is 0 Å². The largest absolute Gasteiger partial charge is 0.104 e. The van der Waals surface area contributed by atoms with Crippen LogP contribution in [-0.4, -0.2) is 8.16 Å². The molecule has 132 valence electrons. The molecule has 3 aliphatic carbocycles. The minimum atomic E-state index is 0.311. The van der Waals surface area contributed by atoms with Gasteiger partial charge in [-0.1, -0.05) is 37.1 Å². The zero-order valence-corrected chi connectivity index (χ0v) is 17.8. The van der Waals surface area contributed by atoms with Gasteiger partial charge in [0.05, 0.1) is 0 Å². The van der Waals surface area contributed by atoms with Gasteiger partial charge in [0.25, 0.3) is 0 Å². The highest BCUT2D eigenvalue weighted by molar-refractivity contribution is 8.28. The summed E-state index contributed by atoms with van der Waals surface area (Å²) in [6, 6.07) is 18.4. The van der Waals surface area contributed by atoms with Gasteiger partial charge in [-0.25, -0.2) is 0 Å². The SMILES string of the molecule is c1ccc2c(c1)SC1(S2)C23CCCC2(CCC3)C12Sc1ccccc1S2. The molecule has 2 aliphatic heterocycles. The van der Waals surface area contributed by atoms with Gasteiger partial charge in [-0.3, -0.25) is 0 Å². The first-order valence-corrected chi connectivity index (χ1v) is 13.0. The summed E-state index contributed by atoms with van der Waals surface area (Å²) in [6.07, 6.45) is 8.72. The summed E-state index contributed by atoms with van der Waals surface area (Å²) >= 11 is 9.01. The predicted molar refractivity (Wildman–Crippen MR) is 114 cm³/mol. The zero-order chi connectivity index (χ0) is 17.0. The third-order valence-corrected chi connectivity index (χ3v) is 15.8. The van der Waals surface area contributed by atoms with E-state index < -0.39 is 0 Å². The lowest BCUT2D eigenvalue weighted by atomic mass is 9.51. The van der Waals surface area contributed by atoms with Crippen LogP contribution in [0.1, 0.15) is 38.5 Å². The highest BCUT2D eigenvalue weighted by Crippen LogP contribution is 2.97. The van der Waals surface area contributed by atoms with Gasteiger partial charge in [-0.15, -0.1) is 47.0 Å². The van der Waals surface area contributed by atoms with Crippen LogP contribution in [0.2, 0.25) is 0 Å². The number of fused-ring (bicyclic) bond motifs is 3. The molecular formula is C22H20S4. The Morgan fingerprint density at radius 2 is 0.808 bits per heavy atom. The molecule has 2 spiro atoms. The van der Waals surface area contributed by atoms with E-state index in [1.54, 1.807) is 0 Å². The Bertz CT molecular complexity index is 813. The van der Waals surface area contributed by atoms with Gasteiger partial charge < -0.3 is 0 Å². The van der Waals surface area contributed by atoms with Gasteiger partial charge in [0, 0.05) is 30.4 Å². The van der Waals surface area contributed by atoms with E-state index in [0.29, 0.717) is 19.0 Å². The molecule has 3 saturated carbocycles. The number of thioether (sulfide) groups is 4. The summed E-state index contributed by atoms with van der Waals surface area (Å²) in [4.78, 5) is 6.15. The van der Waals surface area contributed by atoms with E-state index in [1.165, 1.54) is 58.1 Å². The molecule has 0 unspecified atom stereocenters. The molecule has 2 heterocycles. The van der Waals surface area contributed by atoms with Gasteiger partial charge in [-0.05, 0) is 49.9 Å². The summed E-state index contributed by atoms with van der Waals surface area (Å²) < 4.78 is 0.621. The summed E-state index contributed by atoms with van der Waals surface area (Å²) in [5.74, 6) is 0. The van der Waals surface area contributed by atoms with E-state index in [4.69, 9.17) is 0 Å². The van der Waals surface area contributed by atoms with Crippen LogP contribution in [0.15, 0.2) is 68.1 Å². The lowest BCUT2D eigenvalue weighted by Crippen LogP contribution is -2.77. The Morgan fingerprint density at radius 3 is 1.12 bits per heavy atom.